The fourth-order valence-corrected chi connectivity index (χ4v) is 5.12. The molecule has 0 saturated heterocycles. The Bertz CT molecular complexity index is 241. The maximum Gasteiger partial charge on any atom is 0.0160 e. The topological polar surface area (TPSA) is 12.0 Å². The predicted molar refractivity (Wildman–Crippen MR) is 83.2 cm³/mol. The standard InChI is InChI=1S/C16H31NS/c1-4-17-16(11-18-10-12(2)3)9-15-8-13-5-6-14(15)7-13/h12-17H,4-11H2,1-3H3. The highest BCUT2D eigenvalue weighted by Crippen LogP contribution is 2.49. The van der Waals surface area contributed by atoms with Gasteiger partial charge in [0.25, 0.3) is 0 Å². The van der Waals surface area contributed by atoms with Gasteiger partial charge in [-0.1, -0.05) is 27.2 Å². The average Bonchev–Trinajstić information content (AvgIpc) is 2.90. The van der Waals surface area contributed by atoms with Gasteiger partial charge in [-0.3, -0.25) is 0 Å². The molecule has 0 aromatic rings. The summed E-state index contributed by atoms with van der Waals surface area (Å²) >= 11 is 2.15. The van der Waals surface area contributed by atoms with Crippen LogP contribution in [0.1, 0.15) is 52.9 Å². The molecule has 4 atom stereocenters. The number of fused-ring (bicyclic) bond motifs is 2. The lowest BCUT2D eigenvalue weighted by Gasteiger charge is -2.27. The molecule has 2 heteroatoms. The molecule has 2 aliphatic carbocycles. The normalized spacial score (nSPS) is 32.3. The molecule has 2 fully saturated rings. The maximum absolute atomic E-state index is 3.72. The smallest absolute Gasteiger partial charge is 0.0160 e. The lowest BCUT2D eigenvalue weighted by molar-refractivity contribution is 0.287. The molecule has 2 bridgehead atoms. The first-order chi connectivity index (χ1) is 8.69. The summed E-state index contributed by atoms with van der Waals surface area (Å²) in [5.74, 6) is 6.71. The van der Waals surface area contributed by atoms with Crippen LogP contribution in [0, 0.1) is 23.7 Å². The van der Waals surface area contributed by atoms with Gasteiger partial charge >= 0.3 is 0 Å². The monoisotopic (exact) mass is 269 g/mol. The molecule has 0 spiro atoms. The second kappa shape index (κ2) is 7.19. The highest BCUT2D eigenvalue weighted by Gasteiger charge is 2.39. The molecule has 0 aromatic heterocycles. The minimum absolute atomic E-state index is 0.767. The van der Waals surface area contributed by atoms with Gasteiger partial charge in [-0.15, -0.1) is 0 Å². The van der Waals surface area contributed by atoms with Crippen LogP contribution in [-0.2, 0) is 0 Å². The van der Waals surface area contributed by atoms with Crippen LogP contribution in [0.3, 0.4) is 0 Å². The van der Waals surface area contributed by atoms with Crippen molar-refractivity contribution in [2.75, 3.05) is 18.1 Å². The average molecular weight is 269 g/mol. The van der Waals surface area contributed by atoms with E-state index in [-0.39, 0.29) is 0 Å². The Morgan fingerprint density at radius 1 is 1.17 bits per heavy atom. The van der Waals surface area contributed by atoms with E-state index < -0.39 is 0 Å². The summed E-state index contributed by atoms with van der Waals surface area (Å²) in [5, 5.41) is 3.72. The van der Waals surface area contributed by atoms with Gasteiger partial charge in [0.15, 0.2) is 0 Å². The Morgan fingerprint density at radius 2 is 2.00 bits per heavy atom. The molecule has 1 nitrogen and oxygen atoms in total. The second-order valence-corrected chi connectivity index (χ2v) is 7.93. The van der Waals surface area contributed by atoms with E-state index in [9.17, 15) is 0 Å². The summed E-state index contributed by atoms with van der Waals surface area (Å²) in [5.41, 5.74) is 0. The molecule has 18 heavy (non-hydrogen) atoms. The van der Waals surface area contributed by atoms with E-state index in [0.717, 1.165) is 36.3 Å². The van der Waals surface area contributed by atoms with Crippen LogP contribution < -0.4 is 5.32 Å². The summed E-state index contributed by atoms with van der Waals surface area (Å²) in [6, 6.07) is 0.767. The quantitative estimate of drug-likeness (QED) is 0.709. The third kappa shape index (κ3) is 4.16. The zero-order valence-corrected chi connectivity index (χ0v) is 13.3. The molecule has 0 aromatic carbocycles. The van der Waals surface area contributed by atoms with Crippen molar-refractivity contribution in [3.05, 3.63) is 0 Å². The number of rotatable bonds is 8. The number of hydrogen-bond donors (Lipinski definition) is 1. The van der Waals surface area contributed by atoms with Crippen molar-refractivity contribution in [1.82, 2.24) is 5.32 Å². The molecule has 2 rings (SSSR count). The van der Waals surface area contributed by atoms with Gasteiger partial charge in [0, 0.05) is 11.8 Å². The Balaban J connectivity index is 1.71. The van der Waals surface area contributed by atoms with Crippen LogP contribution in [0.5, 0.6) is 0 Å². The van der Waals surface area contributed by atoms with E-state index in [0.29, 0.717) is 0 Å². The highest BCUT2D eigenvalue weighted by atomic mass is 32.2. The van der Waals surface area contributed by atoms with Crippen LogP contribution in [-0.4, -0.2) is 24.1 Å². The summed E-state index contributed by atoms with van der Waals surface area (Å²) in [4.78, 5) is 0. The van der Waals surface area contributed by atoms with Crippen molar-refractivity contribution in [2.24, 2.45) is 23.7 Å². The van der Waals surface area contributed by atoms with E-state index in [1.54, 1.807) is 12.8 Å². The van der Waals surface area contributed by atoms with Gasteiger partial charge in [-0.05, 0) is 61.7 Å². The van der Waals surface area contributed by atoms with E-state index in [1.807, 2.05) is 0 Å². The Hall–Kier alpha value is 0.310. The van der Waals surface area contributed by atoms with Gasteiger partial charge < -0.3 is 5.32 Å². The van der Waals surface area contributed by atoms with Crippen LogP contribution in [0.2, 0.25) is 0 Å². The molecule has 4 unspecified atom stereocenters. The molecule has 2 saturated carbocycles. The minimum atomic E-state index is 0.767. The largest absolute Gasteiger partial charge is 0.313 e. The van der Waals surface area contributed by atoms with Gasteiger partial charge in [0.1, 0.15) is 0 Å². The van der Waals surface area contributed by atoms with Crippen molar-refractivity contribution in [2.45, 2.75) is 58.9 Å². The van der Waals surface area contributed by atoms with E-state index >= 15 is 0 Å². The van der Waals surface area contributed by atoms with Gasteiger partial charge in [-0.25, -0.2) is 0 Å². The first-order valence-corrected chi connectivity index (χ1v) is 9.15. The van der Waals surface area contributed by atoms with Crippen molar-refractivity contribution in [3.8, 4) is 0 Å². The summed E-state index contributed by atoms with van der Waals surface area (Å²) in [7, 11) is 0. The molecular weight excluding hydrogens is 238 g/mol. The van der Waals surface area contributed by atoms with Crippen LogP contribution in [0.15, 0.2) is 0 Å². The van der Waals surface area contributed by atoms with Crippen molar-refractivity contribution in [3.63, 3.8) is 0 Å². The SMILES string of the molecule is CCNC(CSCC(C)C)CC1CC2CCC1C2. The summed E-state index contributed by atoms with van der Waals surface area (Å²) in [6.07, 6.45) is 7.62. The van der Waals surface area contributed by atoms with Crippen molar-refractivity contribution < 1.29 is 0 Å². The van der Waals surface area contributed by atoms with E-state index in [1.165, 1.54) is 30.8 Å². The molecule has 106 valence electrons. The van der Waals surface area contributed by atoms with Crippen LogP contribution in [0.25, 0.3) is 0 Å². The molecular formula is C16H31NS. The zero-order valence-electron chi connectivity index (χ0n) is 12.5. The maximum atomic E-state index is 3.72. The molecule has 2 aliphatic rings. The van der Waals surface area contributed by atoms with Crippen LogP contribution >= 0.6 is 11.8 Å². The Morgan fingerprint density at radius 3 is 2.56 bits per heavy atom. The van der Waals surface area contributed by atoms with Crippen LogP contribution in [0.4, 0.5) is 0 Å². The fourth-order valence-electron chi connectivity index (χ4n) is 3.98. The minimum Gasteiger partial charge on any atom is -0.313 e. The third-order valence-electron chi connectivity index (χ3n) is 4.73. The molecule has 0 amide bonds. The lowest BCUT2D eigenvalue weighted by Crippen LogP contribution is -2.34. The Kier molecular flexibility index (Phi) is 5.88. The number of hydrogen-bond acceptors (Lipinski definition) is 2. The van der Waals surface area contributed by atoms with E-state index in [2.05, 4.69) is 37.8 Å². The highest BCUT2D eigenvalue weighted by molar-refractivity contribution is 7.99. The number of thioether (sulfide) groups is 1. The number of nitrogens with one attached hydrogen (secondary N) is 1. The zero-order chi connectivity index (χ0) is 13.0. The summed E-state index contributed by atoms with van der Waals surface area (Å²) < 4.78 is 0. The van der Waals surface area contributed by atoms with Crippen molar-refractivity contribution in [1.29, 1.82) is 0 Å². The van der Waals surface area contributed by atoms with Crippen molar-refractivity contribution >= 4 is 11.8 Å². The first-order valence-electron chi connectivity index (χ1n) is 8.00. The second-order valence-electron chi connectivity index (χ2n) is 6.86. The Labute approximate surface area is 118 Å². The summed E-state index contributed by atoms with van der Waals surface area (Å²) in [6.45, 7) is 8.03. The van der Waals surface area contributed by atoms with Gasteiger partial charge in [-0.2, -0.15) is 11.8 Å². The molecule has 0 aliphatic heterocycles. The third-order valence-corrected chi connectivity index (χ3v) is 6.28. The fraction of sp³-hybridized carbons (Fsp3) is 1.00. The molecule has 0 radical (unpaired) electrons. The van der Waals surface area contributed by atoms with Gasteiger partial charge in [0.05, 0.1) is 0 Å². The first kappa shape index (κ1) is 14.7. The molecule has 0 heterocycles. The molecule has 1 N–H and O–H groups in total. The van der Waals surface area contributed by atoms with E-state index in [4.69, 9.17) is 0 Å². The lowest BCUT2D eigenvalue weighted by atomic mass is 9.84. The predicted octanol–water partition coefficient (Wildman–Crippen LogP) is 4.18. The van der Waals surface area contributed by atoms with Gasteiger partial charge in [0.2, 0.25) is 0 Å².